The van der Waals surface area contributed by atoms with Crippen LogP contribution in [0.2, 0.25) is 0 Å². The molecule has 2 amide bonds. The van der Waals surface area contributed by atoms with E-state index < -0.39 is 17.7 Å². The Bertz CT molecular complexity index is 957. The first-order valence-electron chi connectivity index (χ1n) is 13.2. The third-order valence-corrected chi connectivity index (χ3v) is 6.59. The molecule has 2 fully saturated rings. The molecule has 0 aliphatic carbocycles. The van der Waals surface area contributed by atoms with Gasteiger partial charge in [-0.2, -0.15) is 5.26 Å². The summed E-state index contributed by atoms with van der Waals surface area (Å²) < 4.78 is 10.5. The van der Waals surface area contributed by atoms with Crippen LogP contribution >= 0.6 is 0 Å². The molecule has 0 radical (unpaired) electrons. The molecule has 0 aromatic heterocycles. The van der Waals surface area contributed by atoms with E-state index in [4.69, 9.17) is 9.47 Å². The Morgan fingerprint density at radius 2 is 1.95 bits per heavy atom. The zero-order valence-corrected chi connectivity index (χ0v) is 22.2. The van der Waals surface area contributed by atoms with Crippen LogP contribution in [-0.4, -0.2) is 91.9 Å². The first-order chi connectivity index (χ1) is 17.8. The summed E-state index contributed by atoms with van der Waals surface area (Å²) in [4.78, 5) is 34.0. The van der Waals surface area contributed by atoms with Crippen molar-refractivity contribution in [2.24, 2.45) is 10.9 Å². The minimum atomic E-state index is -0.956. The molecule has 2 heterocycles. The number of nitriles is 1. The van der Waals surface area contributed by atoms with Crippen LogP contribution in [0.3, 0.4) is 0 Å². The first kappa shape index (κ1) is 28.4. The number of carbonyl (C=O) groups excluding carboxylic acids is 2. The largest absolute Gasteiger partial charge is 0.448 e. The summed E-state index contributed by atoms with van der Waals surface area (Å²) in [6.07, 6.45) is 1.25. The van der Waals surface area contributed by atoms with Gasteiger partial charge in [-0.3, -0.25) is 9.69 Å². The number of guanidine groups is 1. The number of benzene rings is 1. The first-order valence-corrected chi connectivity index (χ1v) is 13.2. The van der Waals surface area contributed by atoms with Crippen LogP contribution in [0.4, 0.5) is 4.79 Å². The minimum absolute atomic E-state index is 0.195. The van der Waals surface area contributed by atoms with Crippen molar-refractivity contribution in [3.8, 4) is 6.07 Å². The lowest BCUT2D eigenvalue weighted by molar-refractivity contribution is -0.124. The molecule has 0 bridgehead atoms. The number of hydrogen-bond donors (Lipinski definition) is 2. The second-order valence-electron chi connectivity index (χ2n) is 10.0. The summed E-state index contributed by atoms with van der Waals surface area (Å²) in [5.74, 6) is 0.218. The Morgan fingerprint density at radius 3 is 2.59 bits per heavy atom. The fourth-order valence-corrected chi connectivity index (χ4v) is 4.63. The predicted octanol–water partition coefficient (Wildman–Crippen LogP) is 2.16. The molecule has 0 saturated carbocycles. The smallest absolute Gasteiger partial charge is 0.436 e. The number of amides is 2. The minimum Gasteiger partial charge on any atom is -0.448 e. The van der Waals surface area contributed by atoms with Crippen LogP contribution in [0, 0.1) is 17.2 Å². The Kier molecular flexibility index (Phi) is 10.7. The number of nitrogens with one attached hydrogen (secondary N) is 2. The molecule has 10 heteroatoms. The molecule has 37 heavy (non-hydrogen) atoms. The average Bonchev–Trinajstić information content (AvgIpc) is 3.31. The molecule has 2 aliphatic heterocycles. The highest BCUT2D eigenvalue weighted by Crippen LogP contribution is 2.22. The van der Waals surface area contributed by atoms with Crippen molar-refractivity contribution in [1.29, 1.82) is 5.26 Å². The standard InChI is InChI=1S/C27H40N6O4/c1-4-37-26(35)30-25(33-14-16-36-17-15-33)29-23(18-21(2)3)24(34)31-27(19-28)11-13-32(20-27)12-10-22-8-6-5-7-9-22/h5-9,21,23H,4,10-18,20H2,1-3H3,(H,31,34)(H,29,30,35). The normalized spacial score (nSPS) is 21.4. The Morgan fingerprint density at radius 1 is 1.22 bits per heavy atom. The van der Waals surface area contributed by atoms with Crippen molar-refractivity contribution in [3.05, 3.63) is 35.9 Å². The monoisotopic (exact) mass is 512 g/mol. The van der Waals surface area contributed by atoms with Crippen molar-refractivity contribution in [1.82, 2.24) is 20.4 Å². The number of likely N-dealkylation sites (tertiary alicyclic amines) is 1. The van der Waals surface area contributed by atoms with Gasteiger partial charge in [0.25, 0.3) is 0 Å². The summed E-state index contributed by atoms with van der Waals surface area (Å²) in [5, 5.41) is 16.3. The molecule has 3 rings (SSSR count). The van der Waals surface area contributed by atoms with E-state index in [1.807, 2.05) is 36.9 Å². The highest BCUT2D eigenvalue weighted by atomic mass is 16.5. The number of carbonyl (C=O) groups is 2. The van der Waals surface area contributed by atoms with Gasteiger partial charge in [-0.05, 0) is 37.7 Å². The summed E-state index contributed by atoms with van der Waals surface area (Å²) in [6.45, 7) is 10.1. The lowest BCUT2D eigenvalue weighted by Crippen LogP contribution is -2.59. The molecule has 2 aliphatic rings. The summed E-state index contributed by atoms with van der Waals surface area (Å²) in [5.41, 5.74) is 0.293. The molecular formula is C27H40N6O4. The van der Waals surface area contributed by atoms with Gasteiger partial charge in [-0.15, -0.1) is 4.99 Å². The molecule has 10 nitrogen and oxygen atoms in total. The Balaban J connectivity index is 1.69. The van der Waals surface area contributed by atoms with Crippen LogP contribution in [0.1, 0.15) is 39.2 Å². The maximum absolute atomic E-state index is 13.6. The summed E-state index contributed by atoms with van der Waals surface area (Å²) in [7, 11) is 0. The van der Waals surface area contributed by atoms with Crippen LogP contribution in [0.5, 0.6) is 0 Å². The topological polar surface area (TPSA) is 119 Å². The number of rotatable bonds is 9. The van der Waals surface area contributed by atoms with Crippen molar-refractivity contribution in [2.45, 2.75) is 51.6 Å². The van der Waals surface area contributed by atoms with E-state index in [0.717, 1.165) is 19.5 Å². The van der Waals surface area contributed by atoms with Gasteiger partial charge >= 0.3 is 6.09 Å². The number of aliphatic imine (C=N–C) groups is 1. The summed E-state index contributed by atoms with van der Waals surface area (Å²) in [6, 6.07) is 12.0. The highest BCUT2D eigenvalue weighted by Gasteiger charge is 2.41. The number of nitrogens with zero attached hydrogens (tertiary/aromatic N) is 4. The lowest BCUT2D eigenvalue weighted by atomic mass is 9.98. The molecule has 1 aromatic carbocycles. The Hall–Kier alpha value is -3.16. The van der Waals surface area contributed by atoms with Gasteiger partial charge in [0, 0.05) is 32.7 Å². The van der Waals surface area contributed by atoms with Crippen LogP contribution in [0.15, 0.2) is 35.3 Å². The van der Waals surface area contributed by atoms with Gasteiger partial charge in [0.15, 0.2) is 0 Å². The second-order valence-corrected chi connectivity index (χ2v) is 10.0. The molecule has 2 unspecified atom stereocenters. The van der Waals surface area contributed by atoms with Crippen molar-refractivity contribution in [3.63, 3.8) is 0 Å². The summed E-state index contributed by atoms with van der Waals surface area (Å²) >= 11 is 0. The third kappa shape index (κ3) is 8.72. The van der Waals surface area contributed by atoms with Crippen LogP contribution < -0.4 is 10.6 Å². The SMILES string of the molecule is CCOC(=O)/N=C(\NC(CC(C)C)C(=O)NC1(C#N)CCN(CCc2ccccc2)C1)N1CCOCC1. The number of ether oxygens (including phenoxy) is 2. The Labute approximate surface area is 220 Å². The van der Waals surface area contributed by atoms with Gasteiger partial charge in [0.05, 0.1) is 25.9 Å². The molecule has 202 valence electrons. The molecule has 1 aromatic rings. The fourth-order valence-electron chi connectivity index (χ4n) is 4.63. The van der Waals surface area contributed by atoms with E-state index in [-0.39, 0.29) is 18.4 Å². The van der Waals surface area contributed by atoms with Gasteiger partial charge < -0.3 is 25.0 Å². The van der Waals surface area contributed by atoms with E-state index in [1.165, 1.54) is 5.56 Å². The van der Waals surface area contributed by atoms with Crippen molar-refractivity contribution in [2.75, 3.05) is 52.5 Å². The third-order valence-electron chi connectivity index (χ3n) is 6.59. The number of morpholine rings is 1. The fraction of sp³-hybridized carbons (Fsp3) is 0.630. The highest BCUT2D eigenvalue weighted by molar-refractivity contribution is 5.94. The molecule has 0 spiro atoms. The van der Waals surface area contributed by atoms with Crippen molar-refractivity contribution < 1.29 is 19.1 Å². The second kappa shape index (κ2) is 14.0. The quantitative estimate of drug-likeness (QED) is 0.382. The lowest BCUT2D eigenvalue weighted by Gasteiger charge is -2.33. The average molecular weight is 513 g/mol. The number of hydrogen-bond acceptors (Lipinski definition) is 6. The molecule has 2 N–H and O–H groups in total. The van der Waals surface area contributed by atoms with Gasteiger partial charge in [-0.25, -0.2) is 4.79 Å². The molecular weight excluding hydrogens is 472 g/mol. The molecule has 2 atom stereocenters. The van der Waals surface area contributed by atoms with Crippen LogP contribution in [-0.2, 0) is 20.7 Å². The van der Waals surface area contributed by atoms with E-state index in [2.05, 4.69) is 38.7 Å². The van der Waals surface area contributed by atoms with E-state index in [0.29, 0.717) is 51.6 Å². The van der Waals surface area contributed by atoms with Gasteiger partial charge in [0.2, 0.25) is 11.9 Å². The molecule has 2 saturated heterocycles. The predicted molar refractivity (Wildman–Crippen MR) is 141 cm³/mol. The van der Waals surface area contributed by atoms with E-state index in [9.17, 15) is 14.9 Å². The maximum atomic E-state index is 13.6. The van der Waals surface area contributed by atoms with Crippen LogP contribution in [0.25, 0.3) is 0 Å². The van der Waals surface area contributed by atoms with Gasteiger partial charge in [0.1, 0.15) is 11.6 Å². The van der Waals surface area contributed by atoms with Crippen molar-refractivity contribution >= 4 is 18.0 Å². The zero-order chi connectivity index (χ0) is 26.7. The van der Waals surface area contributed by atoms with E-state index >= 15 is 0 Å². The van der Waals surface area contributed by atoms with Gasteiger partial charge in [-0.1, -0.05) is 44.2 Å². The van der Waals surface area contributed by atoms with E-state index in [1.54, 1.807) is 6.92 Å². The zero-order valence-electron chi connectivity index (χ0n) is 22.2. The maximum Gasteiger partial charge on any atom is 0.436 e.